The molecule has 1 aromatic rings. The fourth-order valence-electron chi connectivity index (χ4n) is 1.83. The highest BCUT2D eigenvalue weighted by Crippen LogP contribution is 2.28. The van der Waals surface area contributed by atoms with Gasteiger partial charge in [0.25, 0.3) is 0 Å². The van der Waals surface area contributed by atoms with Gasteiger partial charge in [0.2, 0.25) is 0 Å². The van der Waals surface area contributed by atoms with Crippen molar-refractivity contribution in [1.29, 1.82) is 0 Å². The third kappa shape index (κ3) is 2.69. The number of benzene rings is 1. The molecule has 1 rings (SSSR count). The Bertz CT molecular complexity index is 323. The van der Waals surface area contributed by atoms with Crippen molar-refractivity contribution in [2.75, 3.05) is 13.1 Å². The third-order valence-electron chi connectivity index (χ3n) is 2.80. The van der Waals surface area contributed by atoms with Crippen molar-refractivity contribution in [1.82, 2.24) is 4.90 Å². The minimum Gasteiger partial charge on any atom is -0.508 e. The summed E-state index contributed by atoms with van der Waals surface area (Å²) in [6.07, 6.45) is 0. The number of phenolic OH excluding ortho intramolecular Hbond substituents is 1. The molecule has 0 aliphatic carbocycles. The molecule has 0 spiro atoms. The van der Waals surface area contributed by atoms with E-state index >= 15 is 0 Å². The average Bonchev–Trinajstić information content (AvgIpc) is 2.23. The van der Waals surface area contributed by atoms with Gasteiger partial charge in [-0.15, -0.1) is 0 Å². The van der Waals surface area contributed by atoms with E-state index in [1.54, 1.807) is 0 Å². The van der Waals surface area contributed by atoms with E-state index in [1.807, 2.05) is 6.92 Å². The topological polar surface area (TPSA) is 23.5 Å². The van der Waals surface area contributed by atoms with E-state index in [-0.39, 0.29) is 17.6 Å². The molecule has 0 aliphatic heterocycles. The second-order valence-corrected chi connectivity index (χ2v) is 3.60. The Kier molecular flexibility index (Phi) is 4.09. The molecule has 0 heterocycles. The van der Waals surface area contributed by atoms with Gasteiger partial charge in [-0.1, -0.05) is 13.8 Å². The molecule has 0 aliphatic rings. The Morgan fingerprint density at radius 3 is 2.47 bits per heavy atom. The van der Waals surface area contributed by atoms with Crippen LogP contribution in [0.5, 0.6) is 5.75 Å². The van der Waals surface area contributed by atoms with Crippen LogP contribution in [-0.2, 0) is 0 Å². The first kappa shape index (κ1) is 12.0. The van der Waals surface area contributed by atoms with Crippen LogP contribution in [0.25, 0.3) is 0 Å². The molecule has 0 aromatic heterocycles. The van der Waals surface area contributed by atoms with Gasteiger partial charge in [-0.05, 0) is 38.2 Å². The molecule has 1 unspecified atom stereocenters. The van der Waals surface area contributed by atoms with E-state index in [1.165, 1.54) is 18.2 Å². The van der Waals surface area contributed by atoms with Gasteiger partial charge in [0, 0.05) is 11.6 Å². The maximum atomic E-state index is 13.0. The van der Waals surface area contributed by atoms with Crippen LogP contribution in [-0.4, -0.2) is 23.1 Å². The normalized spacial score (nSPS) is 13.1. The van der Waals surface area contributed by atoms with E-state index in [0.717, 1.165) is 13.1 Å². The summed E-state index contributed by atoms with van der Waals surface area (Å²) in [4.78, 5) is 2.16. The Balaban J connectivity index is 2.98. The van der Waals surface area contributed by atoms with Crippen LogP contribution in [0, 0.1) is 5.82 Å². The van der Waals surface area contributed by atoms with Gasteiger partial charge in [0.05, 0.1) is 0 Å². The lowest BCUT2D eigenvalue weighted by Gasteiger charge is -2.27. The van der Waals surface area contributed by atoms with Crippen molar-refractivity contribution in [3.05, 3.63) is 29.6 Å². The minimum atomic E-state index is -0.304. The quantitative estimate of drug-likeness (QED) is 0.827. The lowest BCUT2D eigenvalue weighted by Crippen LogP contribution is -2.26. The van der Waals surface area contributed by atoms with Crippen LogP contribution in [0.3, 0.4) is 0 Å². The van der Waals surface area contributed by atoms with Crippen molar-refractivity contribution < 1.29 is 9.50 Å². The number of rotatable bonds is 4. The molecule has 0 bridgehead atoms. The van der Waals surface area contributed by atoms with E-state index < -0.39 is 0 Å². The zero-order chi connectivity index (χ0) is 11.4. The van der Waals surface area contributed by atoms with Crippen molar-refractivity contribution >= 4 is 0 Å². The number of halogens is 1. The summed E-state index contributed by atoms with van der Waals surface area (Å²) >= 11 is 0. The Hall–Kier alpha value is -1.09. The highest BCUT2D eigenvalue weighted by atomic mass is 19.1. The molecule has 2 nitrogen and oxygen atoms in total. The zero-order valence-corrected chi connectivity index (χ0v) is 9.50. The fraction of sp³-hybridized carbons (Fsp3) is 0.500. The zero-order valence-electron chi connectivity index (χ0n) is 9.50. The first-order valence-corrected chi connectivity index (χ1v) is 5.32. The Labute approximate surface area is 90.3 Å². The molecule has 0 saturated carbocycles. The molecule has 0 amide bonds. The first-order valence-electron chi connectivity index (χ1n) is 5.32. The molecule has 1 N–H and O–H groups in total. The third-order valence-corrected chi connectivity index (χ3v) is 2.80. The predicted molar refractivity (Wildman–Crippen MR) is 59.4 cm³/mol. The second kappa shape index (κ2) is 5.12. The first-order chi connectivity index (χ1) is 7.10. The lowest BCUT2D eigenvalue weighted by atomic mass is 10.1. The Morgan fingerprint density at radius 1 is 1.33 bits per heavy atom. The van der Waals surface area contributed by atoms with Gasteiger partial charge in [-0.2, -0.15) is 0 Å². The van der Waals surface area contributed by atoms with Gasteiger partial charge in [-0.3, -0.25) is 4.90 Å². The summed E-state index contributed by atoms with van der Waals surface area (Å²) in [5.41, 5.74) is 0.652. The molecule has 0 saturated heterocycles. The Morgan fingerprint density at radius 2 is 1.93 bits per heavy atom. The summed E-state index contributed by atoms with van der Waals surface area (Å²) in [5.74, 6) is -0.141. The molecule has 1 aromatic carbocycles. The summed E-state index contributed by atoms with van der Waals surface area (Å²) in [6.45, 7) is 7.84. The molecular weight excluding hydrogens is 193 g/mol. The highest BCUT2D eigenvalue weighted by Gasteiger charge is 2.16. The summed E-state index contributed by atoms with van der Waals surface area (Å²) < 4.78 is 13.0. The molecular formula is C12H18FNO. The largest absolute Gasteiger partial charge is 0.508 e. The van der Waals surface area contributed by atoms with E-state index in [2.05, 4.69) is 18.7 Å². The van der Waals surface area contributed by atoms with Gasteiger partial charge in [-0.25, -0.2) is 4.39 Å². The molecule has 1 atom stereocenters. The number of aromatic hydroxyl groups is 1. The SMILES string of the molecule is CCN(CC)C(C)c1cc(F)ccc1O. The monoisotopic (exact) mass is 211 g/mol. The van der Waals surface area contributed by atoms with Crippen molar-refractivity contribution in [2.24, 2.45) is 0 Å². The molecule has 0 radical (unpaired) electrons. The van der Waals surface area contributed by atoms with Gasteiger partial charge in [0.15, 0.2) is 0 Å². The average molecular weight is 211 g/mol. The summed E-state index contributed by atoms with van der Waals surface area (Å²) in [6, 6.07) is 4.12. The summed E-state index contributed by atoms with van der Waals surface area (Å²) in [7, 11) is 0. The maximum absolute atomic E-state index is 13.0. The van der Waals surface area contributed by atoms with Crippen molar-refractivity contribution in [3.8, 4) is 5.75 Å². The van der Waals surface area contributed by atoms with Crippen LogP contribution in [0.4, 0.5) is 4.39 Å². The van der Waals surface area contributed by atoms with E-state index in [0.29, 0.717) is 5.56 Å². The number of nitrogens with zero attached hydrogens (tertiary/aromatic N) is 1. The smallest absolute Gasteiger partial charge is 0.123 e. The van der Waals surface area contributed by atoms with Gasteiger partial charge < -0.3 is 5.11 Å². The second-order valence-electron chi connectivity index (χ2n) is 3.60. The van der Waals surface area contributed by atoms with Gasteiger partial charge in [0.1, 0.15) is 11.6 Å². The van der Waals surface area contributed by atoms with Crippen LogP contribution in [0.1, 0.15) is 32.4 Å². The van der Waals surface area contributed by atoms with E-state index in [9.17, 15) is 9.50 Å². The van der Waals surface area contributed by atoms with Crippen LogP contribution < -0.4 is 0 Å². The molecule has 84 valence electrons. The molecule has 15 heavy (non-hydrogen) atoms. The lowest BCUT2D eigenvalue weighted by molar-refractivity contribution is 0.229. The molecule has 3 heteroatoms. The minimum absolute atomic E-state index is 0.0377. The standard InChI is InChI=1S/C12H18FNO/c1-4-14(5-2)9(3)11-8-10(13)6-7-12(11)15/h6-9,15H,4-5H2,1-3H3. The van der Waals surface area contributed by atoms with Crippen LogP contribution in [0.15, 0.2) is 18.2 Å². The summed E-state index contributed by atoms with van der Waals surface area (Å²) in [5, 5.41) is 9.65. The highest BCUT2D eigenvalue weighted by molar-refractivity contribution is 5.34. The number of phenols is 1. The maximum Gasteiger partial charge on any atom is 0.123 e. The van der Waals surface area contributed by atoms with Gasteiger partial charge >= 0.3 is 0 Å². The van der Waals surface area contributed by atoms with Crippen LogP contribution in [0.2, 0.25) is 0 Å². The number of hydrogen-bond acceptors (Lipinski definition) is 2. The van der Waals surface area contributed by atoms with Crippen molar-refractivity contribution in [3.63, 3.8) is 0 Å². The van der Waals surface area contributed by atoms with Crippen LogP contribution >= 0.6 is 0 Å². The van der Waals surface area contributed by atoms with Crippen molar-refractivity contribution in [2.45, 2.75) is 26.8 Å². The van der Waals surface area contributed by atoms with E-state index in [4.69, 9.17) is 0 Å². The number of hydrogen-bond donors (Lipinski definition) is 1. The fourth-order valence-corrected chi connectivity index (χ4v) is 1.83. The molecule has 0 fully saturated rings. The predicted octanol–water partition coefficient (Wildman–Crippen LogP) is 2.93.